The molecule has 0 aromatic heterocycles. The number of benzene rings is 1. The van der Waals surface area contributed by atoms with E-state index < -0.39 is 0 Å². The molecule has 2 unspecified atom stereocenters. The van der Waals surface area contributed by atoms with Gasteiger partial charge < -0.3 is 10.2 Å². The van der Waals surface area contributed by atoms with E-state index in [0.717, 1.165) is 37.9 Å². The Labute approximate surface area is 138 Å². The molecular weight excluding hydrogens is 288 g/mol. The molecule has 2 aliphatic rings. The molecule has 23 heavy (non-hydrogen) atoms. The normalized spacial score (nSPS) is 24.0. The van der Waals surface area contributed by atoms with Crippen molar-refractivity contribution in [2.24, 2.45) is 11.8 Å². The fraction of sp³-hybridized carbons (Fsp3) is 0.579. The van der Waals surface area contributed by atoms with Crippen LogP contribution in [0.15, 0.2) is 24.3 Å². The van der Waals surface area contributed by atoms with Gasteiger partial charge >= 0.3 is 0 Å². The van der Waals surface area contributed by atoms with E-state index in [1.54, 1.807) is 0 Å². The maximum atomic E-state index is 12.5. The minimum atomic E-state index is -0.115. The number of carbonyl (C=O) groups is 2. The minimum Gasteiger partial charge on any atom is -0.352 e. The Hall–Kier alpha value is -1.84. The minimum absolute atomic E-state index is 0.0266. The molecule has 1 heterocycles. The van der Waals surface area contributed by atoms with Crippen LogP contribution in [0.25, 0.3) is 0 Å². The molecule has 0 bridgehead atoms. The number of rotatable bonds is 4. The van der Waals surface area contributed by atoms with Crippen LogP contribution in [0, 0.1) is 18.8 Å². The second-order valence-corrected chi connectivity index (χ2v) is 6.89. The molecule has 124 valence electrons. The summed E-state index contributed by atoms with van der Waals surface area (Å²) in [6.45, 7) is 4.33. The third kappa shape index (κ3) is 4.12. The number of likely N-dealkylation sites (tertiary alicyclic amines) is 1. The molecule has 1 aromatic carbocycles. The molecule has 2 fully saturated rings. The molecule has 1 aromatic rings. The summed E-state index contributed by atoms with van der Waals surface area (Å²) >= 11 is 0. The van der Waals surface area contributed by atoms with Crippen LogP contribution in [-0.2, 0) is 16.1 Å². The number of nitrogens with one attached hydrogen (secondary N) is 1. The first kappa shape index (κ1) is 16.0. The monoisotopic (exact) mass is 314 g/mol. The second kappa shape index (κ2) is 7.16. The number of hydrogen-bond acceptors (Lipinski definition) is 2. The summed E-state index contributed by atoms with van der Waals surface area (Å²) in [7, 11) is 0. The summed E-state index contributed by atoms with van der Waals surface area (Å²) in [6, 6.07) is 8.15. The summed E-state index contributed by atoms with van der Waals surface area (Å²) in [5.74, 6) is 0.0310. The molecule has 0 radical (unpaired) electrons. The predicted octanol–water partition coefficient (Wildman–Crippen LogP) is 2.65. The van der Waals surface area contributed by atoms with Gasteiger partial charge in [-0.1, -0.05) is 42.7 Å². The second-order valence-electron chi connectivity index (χ2n) is 6.89. The highest BCUT2D eigenvalue weighted by atomic mass is 16.2. The van der Waals surface area contributed by atoms with Crippen LogP contribution in [0.3, 0.4) is 0 Å². The number of carbonyl (C=O) groups excluding carboxylic acids is 2. The Morgan fingerprint density at radius 3 is 2.35 bits per heavy atom. The van der Waals surface area contributed by atoms with Gasteiger partial charge in [0.2, 0.25) is 11.8 Å². The average molecular weight is 314 g/mol. The van der Waals surface area contributed by atoms with Crippen molar-refractivity contribution in [1.82, 2.24) is 10.2 Å². The van der Waals surface area contributed by atoms with Gasteiger partial charge in [-0.2, -0.15) is 0 Å². The van der Waals surface area contributed by atoms with Crippen molar-refractivity contribution in [1.29, 1.82) is 0 Å². The molecule has 1 aliphatic carbocycles. The van der Waals surface area contributed by atoms with Crippen LogP contribution in [0.1, 0.15) is 43.2 Å². The van der Waals surface area contributed by atoms with Gasteiger partial charge in [-0.3, -0.25) is 9.59 Å². The highest BCUT2D eigenvalue weighted by Gasteiger charge is 2.49. The number of nitrogens with zero attached hydrogens (tertiary/aromatic N) is 1. The molecule has 2 atom stereocenters. The maximum Gasteiger partial charge on any atom is 0.226 e. The highest BCUT2D eigenvalue weighted by molar-refractivity contribution is 5.92. The highest BCUT2D eigenvalue weighted by Crippen LogP contribution is 2.40. The quantitative estimate of drug-likeness (QED) is 0.929. The van der Waals surface area contributed by atoms with Gasteiger partial charge in [-0.15, -0.1) is 0 Å². The Kier molecular flexibility index (Phi) is 4.99. The zero-order valence-electron chi connectivity index (χ0n) is 13.9. The van der Waals surface area contributed by atoms with Crippen LogP contribution >= 0.6 is 0 Å². The molecular formula is C19H26N2O2. The molecule has 2 amide bonds. The van der Waals surface area contributed by atoms with Crippen molar-refractivity contribution in [3.8, 4) is 0 Å². The van der Waals surface area contributed by atoms with E-state index in [9.17, 15) is 9.59 Å². The third-order valence-corrected chi connectivity index (χ3v) is 4.95. The van der Waals surface area contributed by atoms with E-state index in [4.69, 9.17) is 0 Å². The Morgan fingerprint density at radius 1 is 1.04 bits per heavy atom. The zero-order chi connectivity index (χ0) is 16.2. The molecule has 3 rings (SSSR count). The van der Waals surface area contributed by atoms with Gasteiger partial charge in [-0.05, 0) is 31.7 Å². The lowest BCUT2D eigenvalue weighted by Crippen LogP contribution is -2.35. The fourth-order valence-electron chi connectivity index (χ4n) is 3.31. The van der Waals surface area contributed by atoms with Gasteiger partial charge in [0.1, 0.15) is 0 Å². The summed E-state index contributed by atoms with van der Waals surface area (Å²) in [5, 5.41) is 2.97. The summed E-state index contributed by atoms with van der Waals surface area (Å²) in [5.41, 5.74) is 2.31. The van der Waals surface area contributed by atoms with E-state index in [-0.39, 0.29) is 23.7 Å². The van der Waals surface area contributed by atoms with E-state index in [1.165, 1.54) is 18.4 Å². The summed E-state index contributed by atoms with van der Waals surface area (Å²) < 4.78 is 0. The van der Waals surface area contributed by atoms with Crippen LogP contribution in [0.4, 0.5) is 0 Å². The predicted molar refractivity (Wildman–Crippen MR) is 89.7 cm³/mol. The fourth-order valence-corrected chi connectivity index (χ4v) is 3.31. The maximum absolute atomic E-state index is 12.5. The SMILES string of the molecule is Cc1ccc(CNC(=O)C2CC2C(=O)N2CCCCCC2)cc1. The van der Waals surface area contributed by atoms with Gasteiger partial charge in [0.05, 0.1) is 11.8 Å². The number of hydrogen-bond donors (Lipinski definition) is 1. The van der Waals surface area contributed by atoms with Crippen molar-refractivity contribution in [2.45, 2.75) is 45.6 Å². The molecule has 4 heteroatoms. The van der Waals surface area contributed by atoms with Crippen molar-refractivity contribution < 1.29 is 9.59 Å². The lowest BCUT2D eigenvalue weighted by molar-refractivity contribution is -0.134. The van der Waals surface area contributed by atoms with Gasteiger partial charge in [0, 0.05) is 19.6 Å². The molecule has 1 aliphatic heterocycles. The molecule has 1 N–H and O–H groups in total. The van der Waals surface area contributed by atoms with Crippen LogP contribution in [0.2, 0.25) is 0 Å². The van der Waals surface area contributed by atoms with Crippen molar-refractivity contribution >= 4 is 11.8 Å². The first-order valence-corrected chi connectivity index (χ1v) is 8.77. The van der Waals surface area contributed by atoms with E-state index in [1.807, 2.05) is 36.1 Å². The summed E-state index contributed by atoms with van der Waals surface area (Å²) in [4.78, 5) is 26.7. The van der Waals surface area contributed by atoms with E-state index in [2.05, 4.69) is 5.32 Å². The zero-order valence-corrected chi connectivity index (χ0v) is 13.9. The van der Waals surface area contributed by atoms with Crippen molar-refractivity contribution in [3.05, 3.63) is 35.4 Å². The van der Waals surface area contributed by atoms with E-state index >= 15 is 0 Å². The number of aryl methyl sites for hydroxylation is 1. The molecule has 4 nitrogen and oxygen atoms in total. The largest absolute Gasteiger partial charge is 0.352 e. The van der Waals surface area contributed by atoms with Gasteiger partial charge in [0.25, 0.3) is 0 Å². The standard InChI is InChI=1S/C19H26N2O2/c1-14-6-8-15(9-7-14)13-20-18(22)16-12-17(16)19(23)21-10-4-2-3-5-11-21/h6-9,16-17H,2-5,10-13H2,1H3,(H,20,22). The first-order valence-electron chi connectivity index (χ1n) is 8.77. The van der Waals surface area contributed by atoms with Gasteiger partial charge in [0.15, 0.2) is 0 Å². The van der Waals surface area contributed by atoms with Crippen molar-refractivity contribution in [2.75, 3.05) is 13.1 Å². The summed E-state index contributed by atoms with van der Waals surface area (Å²) in [6.07, 6.45) is 5.35. The molecule has 1 saturated heterocycles. The van der Waals surface area contributed by atoms with Crippen LogP contribution in [-0.4, -0.2) is 29.8 Å². The molecule has 0 spiro atoms. The number of amides is 2. The first-order chi connectivity index (χ1) is 11.1. The topological polar surface area (TPSA) is 49.4 Å². The Bertz CT molecular complexity index is 559. The third-order valence-electron chi connectivity index (χ3n) is 4.95. The Balaban J connectivity index is 1.46. The van der Waals surface area contributed by atoms with Crippen molar-refractivity contribution in [3.63, 3.8) is 0 Å². The smallest absolute Gasteiger partial charge is 0.226 e. The van der Waals surface area contributed by atoms with Gasteiger partial charge in [-0.25, -0.2) is 0 Å². The van der Waals surface area contributed by atoms with E-state index in [0.29, 0.717) is 6.54 Å². The lowest BCUT2D eigenvalue weighted by atomic mass is 10.1. The van der Waals surface area contributed by atoms with Crippen LogP contribution in [0.5, 0.6) is 0 Å². The Morgan fingerprint density at radius 2 is 1.70 bits per heavy atom. The average Bonchev–Trinajstić information content (AvgIpc) is 3.37. The molecule has 1 saturated carbocycles. The van der Waals surface area contributed by atoms with Crippen LogP contribution < -0.4 is 5.32 Å². The lowest BCUT2D eigenvalue weighted by Gasteiger charge is -2.20.